The number of anilines is 1. The second-order valence-electron chi connectivity index (χ2n) is 4.31. The third kappa shape index (κ3) is 4.15. The summed E-state index contributed by atoms with van der Waals surface area (Å²) in [6.45, 7) is -1.58. The van der Waals surface area contributed by atoms with Crippen LogP contribution in [0.4, 0.5) is 23.2 Å². The summed E-state index contributed by atoms with van der Waals surface area (Å²) in [5.74, 6) is -4.14. The molecule has 114 valence electrons. The molecule has 0 atom stereocenters. The Morgan fingerprint density at radius 3 is 2.76 bits per heavy atom. The van der Waals surface area contributed by atoms with Crippen molar-refractivity contribution in [3.63, 3.8) is 0 Å². The van der Waals surface area contributed by atoms with Gasteiger partial charge in [0.25, 0.3) is 0 Å². The Hall–Kier alpha value is -1.67. The second kappa shape index (κ2) is 6.40. The number of benzene rings is 1. The van der Waals surface area contributed by atoms with E-state index in [0.29, 0.717) is 16.4 Å². The third-order valence-corrected chi connectivity index (χ3v) is 3.40. The fraction of sp³-hybridized carbons (Fsp3) is 0.308. The molecular formula is C13H12F4N2OS. The minimum Gasteiger partial charge on any atom is -0.399 e. The van der Waals surface area contributed by atoms with Gasteiger partial charge in [-0.25, -0.2) is 13.8 Å². The Morgan fingerprint density at radius 1 is 1.33 bits per heavy atom. The van der Waals surface area contributed by atoms with Crippen LogP contribution in [0.1, 0.15) is 5.01 Å². The first kappa shape index (κ1) is 15.7. The van der Waals surface area contributed by atoms with Crippen molar-refractivity contribution in [2.24, 2.45) is 0 Å². The molecule has 0 radical (unpaired) electrons. The molecule has 2 N–H and O–H groups in total. The first-order chi connectivity index (χ1) is 9.88. The Balaban J connectivity index is 1.95. The zero-order chi connectivity index (χ0) is 15.5. The van der Waals surface area contributed by atoms with Crippen LogP contribution >= 0.6 is 11.3 Å². The molecule has 1 heterocycles. The van der Waals surface area contributed by atoms with Crippen molar-refractivity contribution in [1.29, 1.82) is 0 Å². The molecule has 3 nitrogen and oxygen atoms in total. The predicted molar refractivity (Wildman–Crippen MR) is 72.6 cm³/mol. The molecule has 0 unspecified atom stereocenters. The normalized spacial score (nSPS) is 12.0. The number of halogens is 4. The number of nitrogens with zero attached hydrogens (tertiary/aromatic N) is 1. The van der Waals surface area contributed by atoms with Crippen LogP contribution in [0.5, 0.6) is 0 Å². The average molecular weight is 320 g/mol. The fourth-order valence-electron chi connectivity index (χ4n) is 1.55. The van der Waals surface area contributed by atoms with Gasteiger partial charge in [-0.15, -0.1) is 11.3 Å². The first-order valence-corrected chi connectivity index (χ1v) is 6.80. The summed E-state index contributed by atoms with van der Waals surface area (Å²) >= 11 is 1.20. The number of thiazole rings is 1. The summed E-state index contributed by atoms with van der Waals surface area (Å²) in [4.78, 5) is 4.19. The second-order valence-corrected chi connectivity index (χ2v) is 5.25. The molecule has 2 aromatic rings. The lowest BCUT2D eigenvalue weighted by atomic mass is 10.1. The highest BCUT2D eigenvalue weighted by Gasteiger charge is 2.40. The fourth-order valence-corrected chi connectivity index (χ4v) is 2.28. The van der Waals surface area contributed by atoms with Gasteiger partial charge in [-0.1, -0.05) is 12.1 Å². The summed E-state index contributed by atoms with van der Waals surface area (Å²) < 4.78 is 53.8. The summed E-state index contributed by atoms with van der Waals surface area (Å²) in [6.07, 6.45) is -3.74. The maximum Gasteiger partial charge on any atom is 0.330 e. The Morgan fingerprint density at radius 2 is 2.10 bits per heavy atom. The SMILES string of the molecule is Nc1cccc(-c2csc(COCC(F)(F)C(F)F)n2)c1. The molecule has 0 fully saturated rings. The van der Waals surface area contributed by atoms with Crippen LogP contribution in [0.3, 0.4) is 0 Å². The smallest absolute Gasteiger partial charge is 0.330 e. The van der Waals surface area contributed by atoms with E-state index in [1.165, 1.54) is 11.3 Å². The summed E-state index contributed by atoms with van der Waals surface area (Å²) in [7, 11) is 0. The topological polar surface area (TPSA) is 48.1 Å². The number of ether oxygens (including phenoxy) is 1. The van der Waals surface area contributed by atoms with Gasteiger partial charge in [-0.05, 0) is 12.1 Å². The Labute approximate surface area is 122 Å². The van der Waals surface area contributed by atoms with Gasteiger partial charge in [-0.3, -0.25) is 0 Å². The van der Waals surface area contributed by atoms with Gasteiger partial charge in [-0.2, -0.15) is 8.78 Å². The minimum atomic E-state index is -4.14. The summed E-state index contributed by atoms with van der Waals surface area (Å²) in [5, 5.41) is 2.15. The molecule has 0 saturated heterocycles. The van der Waals surface area contributed by atoms with Crippen molar-refractivity contribution in [2.75, 3.05) is 12.3 Å². The maximum absolute atomic E-state index is 12.7. The first-order valence-electron chi connectivity index (χ1n) is 5.92. The van der Waals surface area contributed by atoms with Crippen molar-refractivity contribution in [3.05, 3.63) is 34.7 Å². The standard InChI is InChI=1S/C13H12F4N2OS/c14-12(15)13(16,17)7-20-5-11-19-10(6-21-11)8-2-1-3-9(18)4-8/h1-4,6,12H,5,7,18H2. The van der Waals surface area contributed by atoms with Crippen molar-refractivity contribution >= 4 is 17.0 Å². The minimum absolute atomic E-state index is 0.241. The van der Waals surface area contributed by atoms with Crippen LogP contribution in [0.25, 0.3) is 11.3 Å². The van der Waals surface area contributed by atoms with E-state index in [4.69, 9.17) is 5.73 Å². The van der Waals surface area contributed by atoms with Crippen LogP contribution < -0.4 is 5.73 Å². The van der Waals surface area contributed by atoms with Gasteiger partial charge in [0.2, 0.25) is 0 Å². The molecule has 0 aliphatic heterocycles. The van der Waals surface area contributed by atoms with Gasteiger partial charge < -0.3 is 10.5 Å². The van der Waals surface area contributed by atoms with E-state index in [1.807, 2.05) is 0 Å². The van der Waals surface area contributed by atoms with E-state index in [1.54, 1.807) is 29.6 Å². The van der Waals surface area contributed by atoms with Gasteiger partial charge >= 0.3 is 12.3 Å². The quantitative estimate of drug-likeness (QED) is 0.650. The van der Waals surface area contributed by atoms with E-state index in [0.717, 1.165) is 5.56 Å². The lowest BCUT2D eigenvalue weighted by Crippen LogP contribution is -2.32. The highest BCUT2D eigenvalue weighted by atomic mass is 32.1. The zero-order valence-corrected chi connectivity index (χ0v) is 11.5. The number of aromatic nitrogens is 1. The number of hydrogen-bond donors (Lipinski definition) is 1. The number of nitrogen functional groups attached to an aromatic ring is 1. The molecule has 0 aliphatic carbocycles. The molecule has 8 heteroatoms. The van der Waals surface area contributed by atoms with Crippen molar-refractivity contribution in [2.45, 2.75) is 19.0 Å². The summed E-state index contributed by atoms with van der Waals surface area (Å²) in [5.41, 5.74) is 7.65. The molecule has 1 aromatic heterocycles. The number of nitrogens with two attached hydrogens (primary N) is 1. The van der Waals surface area contributed by atoms with Gasteiger partial charge in [0.1, 0.15) is 11.6 Å². The van der Waals surface area contributed by atoms with Crippen molar-refractivity contribution in [3.8, 4) is 11.3 Å². The maximum atomic E-state index is 12.7. The van der Waals surface area contributed by atoms with E-state index in [-0.39, 0.29) is 6.61 Å². The Kier molecular flexibility index (Phi) is 4.79. The highest BCUT2D eigenvalue weighted by molar-refractivity contribution is 7.09. The molecule has 0 amide bonds. The molecule has 0 saturated carbocycles. The Bertz CT molecular complexity index is 603. The van der Waals surface area contributed by atoms with Crippen LogP contribution in [0.15, 0.2) is 29.6 Å². The van der Waals surface area contributed by atoms with Crippen molar-refractivity contribution < 1.29 is 22.3 Å². The summed E-state index contributed by atoms with van der Waals surface area (Å²) in [6, 6.07) is 7.03. The number of alkyl halides is 4. The third-order valence-electron chi connectivity index (χ3n) is 2.57. The van der Waals surface area contributed by atoms with E-state index in [2.05, 4.69) is 9.72 Å². The van der Waals surface area contributed by atoms with E-state index in [9.17, 15) is 17.6 Å². The van der Waals surface area contributed by atoms with Crippen LogP contribution in [0, 0.1) is 0 Å². The van der Waals surface area contributed by atoms with Crippen molar-refractivity contribution in [1.82, 2.24) is 4.98 Å². The average Bonchev–Trinajstić information content (AvgIpc) is 2.87. The lowest BCUT2D eigenvalue weighted by Gasteiger charge is -2.14. The molecule has 2 rings (SSSR count). The monoisotopic (exact) mass is 320 g/mol. The molecule has 21 heavy (non-hydrogen) atoms. The number of rotatable bonds is 6. The molecule has 0 spiro atoms. The van der Waals surface area contributed by atoms with Gasteiger partial charge in [0.15, 0.2) is 0 Å². The molecular weight excluding hydrogens is 308 g/mol. The van der Waals surface area contributed by atoms with Crippen LogP contribution in [-0.2, 0) is 11.3 Å². The van der Waals surface area contributed by atoms with Gasteiger partial charge in [0.05, 0.1) is 12.3 Å². The van der Waals surface area contributed by atoms with Crippen LogP contribution in [-0.4, -0.2) is 23.9 Å². The van der Waals surface area contributed by atoms with E-state index < -0.39 is 19.0 Å². The highest BCUT2D eigenvalue weighted by Crippen LogP contribution is 2.26. The zero-order valence-electron chi connectivity index (χ0n) is 10.7. The lowest BCUT2D eigenvalue weighted by molar-refractivity contribution is -0.168. The van der Waals surface area contributed by atoms with E-state index >= 15 is 0 Å². The molecule has 0 aliphatic rings. The molecule has 1 aromatic carbocycles. The van der Waals surface area contributed by atoms with Crippen LogP contribution in [0.2, 0.25) is 0 Å². The van der Waals surface area contributed by atoms with Gasteiger partial charge in [0, 0.05) is 16.6 Å². The predicted octanol–water partition coefficient (Wildman–Crippen LogP) is 3.81. The number of hydrogen-bond acceptors (Lipinski definition) is 4. The molecule has 0 bridgehead atoms. The largest absolute Gasteiger partial charge is 0.399 e.